The van der Waals surface area contributed by atoms with Crippen LogP contribution in [0.2, 0.25) is 0 Å². The summed E-state index contributed by atoms with van der Waals surface area (Å²) in [5, 5.41) is 11.3. The highest BCUT2D eigenvalue weighted by Gasteiger charge is 2.25. The van der Waals surface area contributed by atoms with Gasteiger partial charge in [-0.15, -0.1) is 0 Å². The standard InChI is InChI=1S/C13H23NO4/c1-3-11(18-10-6-4-5-7-10)13(17)14-9(2)8-12(15)16/h9-11H,3-8H2,1-2H3,(H,14,17)(H,15,16). The number of hydrogen-bond acceptors (Lipinski definition) is 3. The van der Waals surface area contributed by atoms with E-state index in [-0.39, 0.29) is 24.5 Å². The first-order valence-electron chi connectivity index (χ1n) is 6.70. The number of hydrogen-bond donors (Lipinski definition) is 2. The highest BCUT2D eigenvalue weighted by Crippen LogP contribution is 2.23. The maximum Gasteiger partial charge on any atom is 0.305 e. The summed E-state index contributed by atoms with van der Waals surface area (Å²) in [6, 6.07) is -0.365. The molecule has 1 amide bonds. The van der Waals surface area contributed by atoms with Gasteiger partial charge in [0.05, 0.1) is 12.5 Å². The predicted octanol–water partition coefficient (Wildman–Crippen LogP) is 1.70. The van der Waals surface area contributed by atoms with E-state index in [1.165, 1.54) is 0 Å². The lowest BCUT2D eigenvalue weighted by atomic mass is 10.2. The number of aliphatic carboxylic acids is 1. The van der Waals surface area contributed by atoms with Gasteiger partial charge < -0.3 is 15.2 Å². The van der Waals surface area contributed by atoms with Gasteiger partial charge >= 0.3 is 5.97 Å². The van der Waals surface area contributed by atoms with Crippen LogP contribution in [0, 0.1) is 0 Å². The number of carbonyl (C=O) groups is 2. The van der Waals surface area contributed by atoms with E-state index in [9.17, 15) is 9.59 Å². The minimum absolute atomic E-state index is 0.0639. The molecule has 2 atom stereocenters. The lowest BCUT2D eigenvalue weighted by Gasteiger charge is -2.22. The maximum absolute atomic E-state index is 11.9. The van der Waals surface area contributed by atoms with Gasteiger partial charge in [0.2, 0.25) is 5.91 Å². The molecule has 0 spiro atoms. The van der Waals surface area contributed by atoms with E-state index in [1.54, 1.807) is 6.92 Å². The second kappa shape index (κ2) is 7.36. The molecule has 1 fully saturated rings. The van der Waals surface area contributed by atoms with Crippen LogP contribution in [0.15, 0.2) is 0 Å². The fourth-order valence-corrected chi connectivity index (χ4v) is 2.25. The molecule has 1 rings (SSSR count). The summed E-state index contributed by atoms with van der Waals surface area (Å²) >= 11 is 0. The van der Waals surface area contributed by atoms with E-state index < -0.39 is 12.1 Å². The third-order valence-corrected chi connectivity index (χ3v) is 3.19. The van der Waals surface area contributed by atoms with Gasteiger partial charge in [0.25, 0.3) is 0 Å². The second-order valence-corrected chi connectivity index (χ2v) is 4.95. The fourth-order valence-electron chi connectivity index (χ4n) is 2.25. The van der Waals surface area contributed by atoms with Crippen LogP contribution >= 0.6 is 0 Å². The molecule has 0 radical (unpaired) electrons. The summed E-state index contributed by atoms with van der Waals surface area (Å²) in [5.74, 6) is -1.11. The molecule has 1 aliphatic carbocycles. The van der Waals surface area contributed by atoms with Crippen molar-refractivity contribution in [1.82, 2.24) is 5.32 Å². The Morgan fingerprint density at radius 1 is 1.39 bits per heavy atom. The summed E-state index contributed by atoms with van der Waals surface area (Å²) in [4.78, 5) is 22.5. The molecule has 0 aliphatic heterocycles. The van der Waals surface area contributed by atoms with Crippen molar-refractivity contribution in [2.24, 2.45) is 0 Å². The summed E-state index contributed by atoms with van der Waals surface area (Å²) < 4.78 is 5.77. The van der Waals surface area contributed by atoms with Gasteiger partial charge in [0.1, 0.15) is 6.10 Å². The van der Waals surface area contributed by atoms with Crippen LogP contribution in [-0.4, -0.2) is 35.2 Å². The molecule has 0 aromatic heterocycles. The molecule has 0 aromatic rings. The Morgan fingerprint density at radius 2 is 2.00 bits per heavy atom. The van der Waals surface area contributed by atoms with E-state index in [2.05, 4.69) is 5.32 Å². The third kappa shape index (κ3) is 5.04. The number of rotatable bonds is 7. The van der Waals surface area contributed by atoms with Crippen LogP contribution in [0.4, 0.5) is 0 Å². The van der Waals surface area contributed by atoms with Gasteiger partial charge in [-0.2, -0.15) is 0 Å². The van der Waals surface area contributed by atoms with E-state index in [1.807, 2.05) is 6.92 Å². The van der Waals surface area contributed by atoms with Crippen molar-refractivity contribution in [3.8, 4) is 0 Å². The topological polar surface area (TPSA) is 75.6 Å². The molecule has 0 heterocycles. The molecule has 18 heavy (non-hydrogen) atoms. The molecule has 1 saturated carbocycles. The van der Waals surface area contributed by atoms with Crippen molar-refractivity contribution < 1.29 is 19.4 Å². The van der Waals surface area contributed by atoms with Crippen molar-refractivity contribution in [3.63, 3.8) is 0 Å². The third-order valence-electron chi connectivity index (χ3n) is 3.19. The second-order valence-electron chi connectivity index (χ2n) is 4.95. The van der Waals surface area contributed by atoms with Gasteiger partial charge in [-0.25, -0.2) is 0 Å². The Labute approximate surface area is 108 Å². The number of carboxylic acids is 1. The lowest BCUT2D eigenvalue weighted by molar-refractivity contribution is -0.139. The number of ether oxygens (including phenoxy) is 1. The number of nitrogens with one attached hydrogen (secondary N) is 1. The van der Waals surface area contributed by atoms with Crippen molar-refractivity contribution in [1.29, 1.82) is 0 Å². The average molecular weight is 257 g/mol. The molecule has 0 saturated heterocycles. The van der Waals surface area contributed by atoms with Crippen LogP contribution in [-0.2, 0) is 14.3 Å². The molecule has 5 heteroatoms. The smallest absolute Gasteiger partial charge is 0.305 e. The molecule has 1 aliphatic rings. The van der Waals surface area contributed by atoms with E-state index in [4.69, 9.17) is 9.84 Å². The van der Waals surface area contributed by atoms with Gasteiger partial charge in [-0.3, -0.25) is 9.59 Å². The van der Waals surface area contributed by atoms with Crippen molar-refractivity contribution >= 4 is 11.9 Å². The molecule has 0 bridgehead atoms. The van der Waals surface area contributed by atoms with Gasteiger partial charge in [-0.1, -0.05) is 19.8 Å². The highest BCUT2D eigenvalue weighted by atomic mass is 16.5. The SMILES string of the molecule is CCC(OC1CCCC1)C(=O)NC(C)CC(=O)O. The predicted molar refractivity (Wildman–Crippen MR) is 67.3 cm³/mol. The minimum Gasteiger partial charge on any atom is -0.481 e. The fraction of sp³-hybridized carbons (Fsp3) is 0.846. The normalized spacial score (nSPS) is 19.4. The molecule has 2 unspecified atom stereocenters. The molecular weight excluding hydrogens is 234 g/mol. The van der Waals surface area contributed by atoms with Crippen LogP contribution in [0.1, 0.15) is 52.4 Å². The molecule has 0 aromatic carbocycles. The Hall–Kier alpha value is -1.10. The number of amides is 1. The van der Waals surface area contributed by atoms with Crippen molar-refractivity contribution in [2.75, 3.05) is 0 Å². The summed E-state index contributed by atoms with van der Waals surface area (Å²) in [6.07, 6.45) is 4.66. The first-order chi connectivity index (χ1) is 8.52. The van der Waals surface area contributed by atoms with E-state index >= 15 is 0 Å². The zero-order valence-electron chi connectivity index (χ0n) is 11.1. The summed E-state index contributed by atoms with van der Waals surface area (Å²) in [7, 11) is 0. The Bertz CT molecular complexity index is 287. The number of carboxylic acid groups (broad SMARTS) is 1. The quantitative estimate of drug-likeness (QED) is 0.728. The lowest BCUT2D eigenvalue weighted by Crippen LogP contribution is -2.43. The van der Waals surface area contributed by atoms with Crippen LogP contribution in [0.5, 0.6) is 0 Å². The molecular formula is C13H23NO4. The molecule has 5 nitrogen and oxygen atoms in total. The minimum atomic E-state index is -0.910. The van der Waals surface area contributed by atoms with Gasteiger partial charge in [0, 0.05) is 6.04 Å². The first-order valence-corrected chi connectivity index (χ1v) is 6.70. The zero-order chi connectivity index (χ0) is 13.5. The van der Waals surface area contributed by atoms with Crippen molar-refractivity contribution in [3.05, 3.63) is 0 Å². The monoisotopic (exact) mass is 257 g/mol. The van der Waals surface area contributed by atoms with Crippen LogP contribution in [0.3, 0.4) is 0 Å². The van der Waals surface area contributed by atoms with Crippen LogP contribution in [0.25, 0.3) is 0 Å². The average Bonchev–Trinajstić information content (AvgIpc) is 2.76. The zero-order valence-corrected chi connectivity index (χ0v) is 11.1. The largest absolute Gasteiger partial charge is 0.481 e. The Morgan fingerprint density at radius 3 is 2.50 bits per heavy atom. The number of carbonyl (C=O) groups excluding carboxylic acids is 1. The van der Waals surface area contributed by atoms with Gasteiger partial charge in [-0.05, 0) is 26.2 Å². The van der Waals surface area contributed by atoms with E-state index in [0.717, 1.165) is 25.7 Å². The van der Waals surface area contributed by atoms with E-state index in [0.29, 0.717) is 6.42 Å². The maximum atomic E-state index is 11.9. The Balaban J connectivity index is 2.38. The molecule has 104 valence electrons. The van der Waals surface area contributed by atoms with Gasteiger partial charge in [0.15, 0.2) is 0 Å². The van der Waals surface area contributed by atoms with Crippen molar-refractivity contribution in [2.45, 2.75) is 70.6 Å². The van der Waals surface area contributed by atoms with Crippen LogP contribution < -0.4 is 5.32 Å². The summed E-state index contributed by atoms with van der Waals surface area (Å²) in [5.41, 5.74) is 0. The Kier molecular flexibility index (Phi) is 6.12. The molecule has 2 N–H and O–H groups in total. The summed E-state index contributed by atoms with van der Waals surface area (Å²) in [6.45, 7) is 3.59. The highest BCUT2D eigenvalue weighted by molar-refractivity contribution is 5.81. The first kappa shape index (κ1) is 15.0.